The van der Waals surface area contributed by atoms with E-state index in [0.717, 1.165) is 23.4 Å². The van der Waals surface area contributed by atoms with Gasteiger partial charge in [-0.25, -0.2) is 4.98 Å². The number of aryl methyl sites for hydroxylation is 1. The number of imidazole rings is 1. The van der Waals surface area contributed by atoms with Crippen molar-refractivity contribution < 1.29 is 4.79 Å². The molecule has 0 aliphatic carbocycles. The van der Waals surface area contributed by atoms with E-state index < -0.39 is 0 Å². The molecule has 82 valence electrons. The zero-order chi connectivity index (χ0) is 11.7. The van der Waals surface area contributed by atoms with Gasteiger partial charge in [0.2, 0.25) is 0 Å². The van der Waals surface area contributed by atoms with Crippen molar-refractivity contribution in [1.29, 1.82) is 0 Å². The van der Waals surface area contributed by atoms with Gasteiger partial charge in [0.25, 0.3) is 0 Å². The molecule has 1 aromatic heterocycles. The van der Waals surface area contributed by atoms with Crippen LogP contribution in [0.15, 0.2) is 24.5 Å². The Morgan fingerprint density at radius 1 is 1.38 bits per heavy atom. The summed E-state index contributed by atoms with van der Waals surface area (Å²) in [7, 11) is 0. The molecule has 0 N–H and O–H groups in total. The van der Waals surface area contributed by atoms with Crippen LogP contribution in [0.1, 0.15) is 21.7 Å². The molecule has 0 aliphatic heterocycles. The molecule has 4 heteroatoms. The second-order valence-electron chi connectivity index (χ2n) is 3.61. The number of carbonyl (C=O) groups excluding carboxylic acids is 1. The van der Waals surface area contributed by atoms with Gasteiger partial charge in [-0.3, -0.25) is 4.79 Å². The van der Waals surface area contributed by atoms with Crippen molar-refractivity contribution in [3.05, 3.63) is 46.5 Å². The zero-order valence-corrected chi connectivity index (χ0v) is 9.82. The number of rotatable bonds is 2. The van der Waals surface area contributed by atoms with Gasteiger partial charge in [0.05, 0.1) is 17.7 Å². The van der Waals surface area contributed by atoms with Crippen molar-refractivity contribution in [3.63, 3.8) is 0 Å². The van der Waals surface area contributed by atoms with E-state index in [2.05, 4.69) is 4.98 Å². The third-order valence-corrected chi connectivity index (χ3v) is 2.86. The van der Waals surface area contributed by atoms with Crippen molar-refractivity contribution in [2.24, 2.45) is 0 Å². The second-order valence-corrected chi connectivity index (χ2v) is 4.04. The maximum absolute atomic E-state index is 11.0. The number of aromatic nitrogens is 2. The minimum atomic E-state index is 0.556. The number of hydrogen-bond acceptors (Lipinski definition) is 2. The molecule has 0 amide bonds. The maximum atomic E-state index is 11.0. The largest absolute Gasteiger partial charge is 0.303 e. The summed E-state index contributed by atoms with van der Waals surface area (Å²) < 4.78 is 1.88. The van der Waals surface area contributed by atoms with Gasteiger partial charge < -0.3 is 4.57 Å². The molecule has 0 aliphatic rings. The van der Waals surface area contributed by atoms with E-state index in [1.54, 1.807) is 18.5 Å². The van der Waals surface area contributed by atoms with Crippen LogP contribution in [0.4, 0.5) is 0 Å². The summed E-state index contributed by atoms with van der Waals surface area (Å²) in [6.45, 7) is 3.90. The Kier molecular flexibility index (Phi) is 2.79. The summed E-state index contributed by atoms with van der Waals surface area (Å²) in [4.78, 5) is 15.2. The van der Waals surface area contributed by atoms with Crippen LogP contribution < -0.4 is 0 Å². The molecule has 1 heterocycles. The third kappa shape index (κ3) is 1.74. The van der Waals surface area contributed by atoms with Gasteiger partial charge in [-0.05, 0) is 32.0 Å². The van der Waals surface area contributed by atoms with Gasteiger partial charge in [-0.2, -0.15) is 0 Å². The first-order valence-corrected chi connectivity index (χ1v) is 5.27. The normalized spacial score (nSPS) is 10.4. The molecule has 1 aromatic carbocycles. The Bertz CT molecular complexity index is 546. The number of nitrogens with zero attached hydrogens (tertiary/aromatic N) is 2. The monoisotopic (exact) mass is 234 g/mol. The Morgan fingerprint density at radius 3 is 2.69 bits per heavy atom. The summed E-state index contributed by atoms with van der Waals surface area (Å²) in [5.41, 5.74) is 3.34. The van der Waals surface area contributed by atoms with Crippen molar-refractivity contribution in [2.75, 3.05) is 0 Å². The van der Waals surface area contributed by atoms with Crippen LogP contribution in [0.5, 0.6) is 0 Å². The summed E-state index contributed by atoms with van der Waals surface area (Å²) >= 11 is 5.84. The smallest absolute Gasteiger partial charge is 0.152 e. The van der Waals surface area contributed by atoms with Gasteiger partial charge in [-0.15, -0.1) is 0 Å². The van der Waals surface area contributed by atoms with E-state index in [-0.39, 0.29) is 0 Å². The van der Waals surface area contributed by atoms with Gasteiger partial charge in [-0.1, -0.05) is 11.6 Å². The minimum absolute atomic E-state index is 0.556. The van der Waals surface area contributed by atoms with Gasteiger partial charge in [0, 0.05) is 16.3 Å². The molecule has 2 rings (SSSR count). The minimum Gasteiger partial charge on any atom is -0.303 e. The SMILES string of the molecule is Cc1ncn(-c2ccc(Cl)cc2C=O)c1C. The average Bonchev–Trinajstić information content (AvgIpc) is 2.60. The molecule has 0 saturated carbocycles. The molecule has 0 unspecified atom stereocenters. The van der Waals surface area contributed by atoms with Crippen molar-refractivity contribution in [2.45, 2.75) is 13.8 Å². The van der Waals surface area contributed by atoms with E-state index in [9.17, 15) is 4.79 Å². The third-order valence-electron chi connectivity index (χ3n) is 2.63. The lowest BCUT2D eigenvalue weighted by Gasteiger charge is -2.08. The first kappa shape index (κ1) is 10.9. The highest BCUT2D eigenvalue weighted by Crippen LogP contribution is 2.20. The van der Waals surface area contributed by atoms with Gasteiger partial charge >= 0.3 is 0 Å². The summed E-state index contributed by atoms with van der Waals surface area (Å²) in [5, 5.41) is 0.556. The number of benzene rings is 1. The van der Waals surface area contributed by atoms with Crippen LogP contribution in [0, 0.1) is 13.8 Å². The van der Waals surface area contributed by atoms with Crippen LogP contribution in [-0.4, -0.2) is 15.8 Å². The molecule has 3 nitrogen and oxygen atoms in total. The summed E-state index contributed by atoms with van der Waals surface area (Å²) in [6.07, 6.45) is 2.51. The molecular weight excluding hydrogens is 224 g/mol. The maximum Gasteiger partial charge on any atom is 0.152 e. The molecule has 0 bridgehead atoms. The molecule has 0 fully saturated rings. The molecule has 0 radical (unpaired) electrons. The highest BCUT2D eigenvalue weighted by atomic mass is 35.5. The molecule has 2 aromatic rings. The summed E-state index contributed by atoms with van der Waals surface area (Å²) in [6, 6.07) is 5.23. The lowest BCUT2D eigenvalue weighted by Crippen LogP contribution is -1.99. The molecule has 0 saturated heterocycles. The number of hydrogen-bond donors (Lipinski definition) is 0. The Balaban J connectivity index is 2.64. The van der Waals surface area contributed by atoms with Crippen LogP contribution in [0.2, 0.25) is 5.02 Å². The Labute approximate surface area is 98.7 Å². The van der Waals surface area contributed by atoms with Crippen LogP contribution in [0.3, 0.4) is 0 Å². The predicted octanol–water partition coefficient (Wildman–Crippen LogP) is 2.96. The predicted molar refractivity (Wildman–Crippen MR) is 63.4 cm³/mol. The molecule has 0 spiro atoms. The van der Waals surface area contributed by atoms with Gasteiger partial charge in [0.15, 0.2) is 6.29 Å². The first-order valence-electron chi connectivity index (χ1n) is 4.89. The molecule has 0 atom stereocenters. The van der Waals surface area contributed by atoms with Crippen LogP contribution >= 0.6 is 11.6 Å². The van der Waals surface area contributed by atoms with E-state index >= 15 is 0 Å². The fourth-order valence-electron chi connectivity index (χ4n) is 1.58. The highest BCUT2D eigenvalue weighted by Gasteiger charge is 2.08. The lowest BCUT2D eigenvalue weighted by atomic mass is 10.2. The van der Waals surface area contributed by atoms with E-state index in [1.807, 2.05) is 24.5 Å². The van der Waals surface area contributed by atoms with E-state index in [4.69, 9.17) is 11.6 Å². The Hall–Kier alpha value is -1.61. The average molecular weight is 235 g/mol. The fourth-order valence-corrected chi connectivity index (χ4v) is 1.76. The van der Waals surface area contributed by atoms with Crippen LogP contribution in [0.25, 0.3) is 5.69 Å². The quantitative estimate of drug-likeness (QED) is 0.749. The Morgan fingerprint density at radius 2 is 2.12 bits per heavy atom. The van der Waals surface area contributed by atoms with E-state index in [0.29, 0.717) is 10.6 Å². The number of aldehydes is 1. The first-order chi connectivity index (χ1) is 7.63. The van der Waals surface area contributed by atoms with Crippen molar-refractivity contribution >= 4 is 17.9 Å². The molecule has 16 heavy (non-hydrogen) atoms. The zero-order valence-electron chi connectivity index (χ0n) is 9.07. The van der Waals surface area contributed by atoms with Gasteiger partial charge in [0.1, 0.15) is 0 Å². The summed E-state index contributed by atoms with van der Waals surface area (Å²) in [5.74, 6) is 0. The molecular formula is C12H11ClN2O. The lowest BCUT2D eigenvalue weighted by molar-refractivity contribution is 0.112. The number of halogens is 1. The number of carbonyl (C=O) groups is 1. The standard InChI is InChI=1S/C12H11ClN2O/c1-8-9(2)15(7-14-8)12-4-3-11(13)5-10(12)6-16/h3-7H,1-2H3. The van der Waals surface area contributed by atoms with Crippen molar-refractivity contribution in [3.8, 4) is 5.69 Å². The fraction of sp³-hybridized carbons (Fsp3) is 0.167. The van der Waals surface area contributed by atoms with E-state index in [1.165, 1.54) is 0 Å². The van der Waals surface area contributed by atoms with Crippen molar-refractivity contribution in [1.82, 2.24) is 9.55 Å². The second kappa shape index (κ2) is 4.10. The highest BCUT2D eigenvalue weighted by molar-refractivity contribution is 6.30. The topological polar surface area (TPSA) is 34.9 Å². The van der Waals surface area contributed by atoms with Crippen LogP contribution in [-0.2, 0) is 0 Å².